The summed E-state index contributed by atoms with van der Waals surface area (Å²) >= 11 is 0. The van der Waals surface area contributed by atoms with Crippen molar-refractivity contribution in [2.45, 2.75) is 51.5 Å². The van der Waals surface area contributed by atoms with Crippen LogP contribution in [-0.4, -0.2) is 53.1 Å². The minimum atomic E-state index is -0.849. The molecule has 1 aliphatic heterocycles. The summed E-state index contributed by atoms with van der Waals surface area (Å²) in [4.78, 5) is 27.0. The van der Waals surface area contributed by atoms with Crippen LogP contribution in [0.4, 0.5) is 4.79 Å². The third kappa shape index (κ3) is 3.25. The first-order valence-electron chi connectivity index (χ1n) is 7.75. The van der Waals surface area contributed by atoms with Gasteiger partial charge in [0.1, 0.15) is 0 Å². The second-order valence-electron chi connectivity index (χ2n) is 6.35. The molecule has 1 heterocycles. The zero-order chi connectivity index (χ0) is 14.7. The molecule has 1 aliphatic carbocycles. The molecule has 0 aromatic heterocycles. The van der Waals surface area contributed by atoms with Gasteiger partial charge in [-0.1, -0.05) is 19.8 Å². The van der Waals surface area contributed by atoms with Crippen LogP contribution in [0.5, 0.6) is 0 Å². The van der Waals surface area contributed by atoms with Crippen LogP contribution < -0.4 is 0 Å². The molecule has 5 nitrogen and oxygen atoms in total. The van der Waals surface area contributed by atoms with Crippen molar-refractivity contribution < 1.29 is 14.7 Å². The zero-order valence-corrected chi connectivity index (χ0v) is 12.5. The van der Waals surface area contributed by atoms with Crippen LogP contribution in [0.2, 0.25) is 0 Å². The number of carboxylic acids is 1. The van der Waals surface area contributed by atoms with Crippen molar-refractivity contribution in [1.29, 1.82) is 0 Å². The minimum absolute atomic E-state index is 0.00694. The number of carboxylic acid groups (broad SMARTS) is 1. The lowest BCUT2D eigenvalue weighted by atomic mass is 9.96. The lowest BCUT2D eigenvalue weighted by Gasteiger charge is -2.33. The van der Waals surface area contributed by atoms with Crippen molar-refractivity contribution >= 4 is 12.0 Å². The standard InChI is InChI=1S/C15H26N2O3/c1-11(14(18)19)10-16(2)15(20)17-9-5-8-13(17)12-6-3-4-7-12/h11-13H,3-10H2,1-2H3,(H,18,19). The number of amides is 2. The maximum atomic E-state index is 12.5. The molecule has 0 radical (unpaired) electrons. The summed E-state index contributed by atoms with van der Waals surface area (Å²) in [5.41, 5.74) is 0. The first-order valence-corrected chi connectivity index (χ1v) is 7.75. The van der Waals surface area contributed by atoms with E-state index in [-0.39, 0.29) is 12.6 Å². The third-order valence-electron chi connectivity index (χ3n) is 4.78. The van der Waals surface area contributed by atoms with E-state index in [0.29, 0.717) is 12.0 Å². The van der Waals surface area contributed by atoms with Crippen molar-refractivity contribution in [2.75, 3.05) is 20.1 Å². The molecule has 1 N–H and O–H groups in total. The van der Waals surface area contributed by atoms with Crippen LogP contribution in [0, 0.1) is 11.8 Å². The SMILES string of the molecule is CC(CN(C)C(=O)N1CCCC1C1CCCC1)C(=O)O. The maximum absolute atomic E-state index is 12.5. The van der Waals surface area contributed by atoms with Gasteiger partial charge in [-0.2, -0.15) is 0 Å². The molecule has 2 aliphatic rings. The van der Waals surface area contributed by atoms with Gasteiger partial charge in [-0.15, -0.1) is 0 Å². The molecule has 5 heteroatoms. The van der Waals surface area contributed by atoms with E-state index in [2.05, 4.69) is 0 Å². The molecule has 0 bridgehead atoms. The van der Waals surface area contributed by atoms with Gasteiger partial charge in [0.05, 0.1) is 5.92 Å². The van der Waals surface area contributed by atoms with Gasteiger partial charge >= 0.3 is 12.0 Å². The van der Waals surface area contributed by atoms with Gasteiger partial charge in [-0.25, -0.2) is 4.79 Å². The Morgan fingerprint density at radius 3 is 2.50 bits per heavy atom. The first kappa shape index (κ1) is 15.1. The van der Waals surface area contributed by atoms with Gasteiger partial charge in [-0.3, -0.25) is 4.79 Å². The highest BCUT2D eigenvalue weighted by Gasteiger charge is 2.37. The molecule has 114 valence electrons. The van der Waals surface area contributed by atoms with E-state index in [1.807, 2.05) is 4.90 Å². The molecule has 0 spiro atoms. The Balaban J connectivity index is 1.94. The summed E-state index contributed by atoms with van der Waals surface area (Å²) < 4.78 is 0. The van der Waals surface area contributed by atoms with Crippen molar-refractivity contribution in [3.63, 3.8) is 0 Å². The molecule has 2 atom stereocenters. The number of hydrogen-bond acceptors (Lipinski definition) is 2. The van der Waals surface area contributed by atoms with E-state index < -0.39 is 11.9 Å². The van der Waals surface area contributed by atoms with Crippen LogP contribution in [0.1, 0.15) is 45.4 Å². The van der Waals surface area contributed by atoms with Crippen LogP contribution in [0.3, 0.4) is 0 Å². The summed E-state index contributed by atoms with van der Waals surface area (Å²) in [6, 6.07) is 0.389. The quantitative estimate of drug-likeness (QED) is 0.861. The molecule has 20 heavy (non-hydrogen) atoms. The van der Waals surface area contributed by atoms with Crippen LogP contribution in [0.25, 0.3) is 0 Å². The number of urea groups is 1. The monoisotopic (exact) mass is 282 g/mol. The Bertz CT molecular complexity index is 366. The molecule has 2 amide bonds. The number of carbonyl (C=O) groups excluding carboxylic acids is 1. The Hall–Kier alpha value is -1.26. The van der Waals surface area contributed by atoms with Crippen LogP contribution in [-0.2, 0) is 4.79 Å². The second kappa shape index (κ2) is 6.46. The molecule has 1 saturated carbocycles. The Labute approximate surface area is 120 Å². The molecular formula is C15H26N2O3. The first-order chi connectivity index (χ1) is 9.50. The number of hydrogen-bond donors (Lipinski definition) is 1. The average Bonchev–Trinajstić information content (AvgIpc) is 3.07. The fourth-order valence-electron chi connectivity index (χ4n) is 3.65. The summed E-state index contributed by atoms with van der Waals surface area (Å²) in [7, 11) is 1.71. The summed E-state index contributed by atoms with van der Waals surface area (Å²) in [6.07, 6.45) is 7.24. The smallest absolute Gasteiger partial charge is 0.320 e. The van der Waals surface area contributed by atoms with E-state index in [4.69, 9.17) is 5.11 Å². The predicted molar refractivity (Wildman–Crippen MR) is 76.5 cm³/mol. The minimum Gasteiger partial charge on any atom is -0.481 e. The fourth-order valence-corrected chi connectivity index (χ4v) is 3.65. The summed E-state index contributed by atoms with van der Waals surface area (Å²) in [6.45, 7) is 2.75. The van der Waals surface area contributed by atoms with Gasteiger partial charge in [0.15, 0.2) is 0 Å². The van der Waals surface area contributed by atoms with Gasteiger partial charge < -0.3 is 14.9 Å². The summed E-state index contributed by atoms with van der Waals surface area (Å²) in [5, 5.41) is 8.95. The van der Waals surface area contributed by atoms with Crippen molar-refractivity contribution in [2.24, 2.45) is 11.8 Å². The Morgan fingerprint density at radius 2 is 1.90 bits per heavy atom. The maximum Gasteiger partial charge on any atom is 0.320 e. The second-order valence-corrected chi connectivity index (χ2v) is 6.35. The van der Waals surface area contributed by atoms with Crippen molar-refractivity contribution in [3.8, 4) is 0 Å². The highest BCUT2D eigenvalue weighted by atomic mass is 16.4. The van der Waals surface area contributed by atoms with Gasteiger partial charge in [0.2, 0.25) is 0 Å². The molecular weight excluding hydrogens is 256 g/mol. The van der Waals surface area contributed by atoms with Gasteiger partial charge in [0.25, 0.3) is 0 Å². The Kier molecular flexibility index (Phi) is 4.89. The third-order valence-corrected chi connectivity index (χ3v) is 4.78. The summed E-state index contributed by atoms with van der Waals surface area (Å²) in [5.74, 6) is -0.707. The van der Waals surface area contributed by atoms with Crippen molar-refractivity contribution in [3.05, 3.63) is 0 Å². The average molecular weight is 282 g/mol. The van der Waals surface area contributed by atoms with Crippen LogP contribution in [0.15, 0.2) is 0 Å². The predicted octanol–water partition coefficient (Wildman–Crippen LogP) is 2.41. The van der Waals surface area contributed by atoms with Gasteiger partial charge in [-0.05, 0) is 31.6 Å². The van der Waals surface area contributed by atoms with Crippen LogP contribution >= 0.6 is 0 Å². The highest BCUT2D eigenvalue weighted by Crippen LogP contribution is 2.35. The number of rotatable bonds is 4. The van der Waals surface area contributed by atoms with Crippen molar-refractivity contribution in [1.82, 2.24) is 9.80 Å². The molecule has 2 unspecified atom stereocenters. The lowest BCUT2D eigenvalue weighted by molar-refractivity contribution is -0.141. The van der Waals surface area contributed by atoms with E-state index in [9.17, 15) is 9.59 Å². The van der Waals surface area contributed by atoms with Gasteiger partial charge in [0, 0.05) is 26.2 Å². The fraction of sp³-hybridized carbons (Fsp3) is 0.867. The molecule has 0 aromatic rings. The molecule has 2 fully saturated rings. The number of carbonyl (C=O) groups is 2. The number of nitrogens with zero attached hydrogens (tertiary/aromatic N) is 2. The zero-order valence-electron chi connectivity index (χ0n) is 12.5. The van der Waals surface area contributed by atoms with E-state index in [1.54, 1.807) is 18.9 Å². The topological polar surface area (TPSA) is 60.9 Å². The number of aliphatic carboxylic acids is 1. The number of likely N-dealkylation sites (tertiary alicyclic amines) is 1. The normalized spacial score (nSPS) is 24.9. The Morgan fingerprint density at radius 1 is 1.25 bits per heavy atom. The van der Waals surface area contributed by atoms with E-state index in [0.717, 1.165) is 19.4 Å². The van der Waals surface area contributed by atoms with E-state index >= 15 is 0 Å². The molecule has 1 saturated heterocycles. The lowest BCUT2D eigenvalue weighted by Crippen LogP contribution is -2.47. The molecule has 0 aromatic carbocycles. The highest BCUT2D eigenvalue weighted by molar-refractivity contribution is 5.76. The largest absolute Gasteiger partial charge is 0.481 e. The van der Waals surface area contributed by atoms with E-state index in [1.165, 1.54) is 25.7 Å². The molecule has 2 rings (SSSR count).